The number of oxazole rings is 1. The summed E-state index contributed by atoms with van der Waals surface area (Å²) in [6.45, 7) is 0.335. The van der Waals surface area contributed by atoms with Crippen LogP contribution in [-0.2, 0) is 6.54 Å². The average Bonchev–Trinajstić information content (AvgIpc) is 2.77. The Balaban J connectivity index is 2.44. The molecular formula is C11H12N2OS. The molecule has 2 rings (SSSR count). The summed E-state index contributed by atoms with van der Waals surface area (Å²) in [5.41, 5.74) is 6.52. The molecule has 0 aliphatic heterocycles. The van der Waals surface area contributed by atoms with Gasteiger partial charge in [-0.05, 0) is 12.3 Å². The largest absolute Gasteiger partial charge is 0.439 e. The lowest BCUT2D eigenvalue weighted by Crippen LogP contribution is -1.94. The Morgan fingerprint density at radius 3 is 2.87 bits per heavy atom. The Bertz CT molecular complexity index is 453. The average molecular weight is 220 g/mol. The monoisotopic (exact) mass is 220 g/mol. The quantitative estimate of drug-likeness (QED) is 0.807. The highest BCUT2D eigenvalue weighted by molar-refractivity contribution is 7.98. The van der Waals surface area contributed by atoms with E-state index in [1.54, 1.807) is 18.0 Å². The van der Waals surface area contributed by atoms with Crippen molar-refractivity contribution >= 4 is 11.8 Å². The van der Waals surface area contributed by atoms with Crippen LogP contribution in [0.5, 0.6) is 0 Å². The second kappa shape index (κ2) is 4.51. The zero-order valence-corrected chi connectivity index (χ0v) is 9.25. The van der Waals surface area contributed by atoms with Gasteiger partial charge in [0.2, 0.25) is 5.89 Å². The summed E-state index contributed by atoms with van der Waals surface area (Å²) in [6.07, 6.45) is 3.76. The van der Waals surface area contributed by atoms with E-state index in [-0.39, 0.29) is 0 Å². The van der Waals surface area contributed by atoms with Crippen molar-refractivity contribution in [2.75, 3.05) is 6.26 Å². The Morgan fingerprint density at radius 2 is 2.20 bits per heavy atom. The minimum absolute atomic E-state index is 0.335. The molecule has 15 heavy (non-hydrogen) atoms. The Labute approximate surface area is 92.7 Å². The van der Waals surface area contributed by atoms with Gasteiger partial charge in [-0.3, -0.25) is 0 Å². The van der Waals surface area contributed by atoms with Gasteiger partial charge in [0, 0.05) is 10.5 Å². The molecule has 4 heteroatoms. The van der Waals surface area contributed by atoms with Crippen molar-refractivity contribution in [1.29, 1.82) is 0 Å². The maximum absolute atomic E-state index is 5.51. The molecule has 78 valence electrons. The third-order valence-corrected chi connectivity index (χ3v) is 2.90. The van der Waals surface area contributed by atoms with Gasteiger partial charge in [0.05, 0.1) is 12.7 Å². The van der Waals surface area contributed by atoms with E-state index < -0.39 is 0 Å². The first-order valence-corrected chi connectivity index (χ1v) is 5.85. The van der Waals surface area contributed by atoms with Gasteiger partial charge in [-0.15, -0.1) is 11.8 Å². The van der Waals surface area contributed by atoms with Crippen LogP contribution in [-0.4, -0.2) is 11.2 Å². The van der Waals surface area contributed by atoms with E-state index in [9.17, 15) is 0 Å². The summed E-state index contributed by atoms with van der Waals surface area (Å²) < 4.78 is 5.51. The lowest BCUT2D eigenvalue weighted by Gasteiger charge is -2.02. The first-order chi connectivity index (χ1) is 7.35. The highest BCUT2D eigenvalue weighted by atomic mass is 32.2. The van der Waals surface area contributed by atoms with Gasteiger partial charge >= 0.3 is 0 Å². The van der Waals surface area contributed by atoms with E-state index in [0.29, 0.717) is 12.4 Å². The normalized spacial score (nSPS) is 10.5. The van der Waals surface area contributed by atoms with Crippen molar-refractivity contribution in [3.05, 3.63) is 36.4 Å². The number of rotatable bonds is 3. The molecule has 2 aromatic rings. The second-order valence-electron chi connectivity index (χ2n) is 3.02. The number of hydrogen-bond donors (Lipinski definition) is 1. The molecular weight excluding hydrogens is 208 g/mol. The van der Waals surface area contributed by atoms with Crippen LogP contribution in [0.25, 0.3) is 11.3 Å². The number of aromatic nitrogens is 1. The molecule has 0 saturated heterocycles. The van der Waals surface area contributed by atoms with E-state index in [4.69, 9.17) is 10.2 Å². The van der Waals surface area contributed by atoms with E-state index in [0.717, 1.165) is 11.3 Å². The summed E-state index contributed by atoms with van der Waals surface area (Å²) in [5, 5.41) is 0. The minimum Gasteiger partial charge on any atom is -0.439 e. The van der Waals surface area contributed by atoms with Gasteiger partial charge in [-0.2, -0.15) is 0 Å². The Hall–Kier alpha value is -1.26. The molecule has 0 bridgehead atoms. The van der Waals surface area contributed by atoms with Crippen LogP contribution in [0.4, 0.5) is 0 Å². The number of nitrogens with zero attached hydrogens (tertiary/aromatic N) is 1. The maximum atomic E-state index is 5.51. The van der Waals surface area contributed by atoms with Crippen LogP contribution in [0, 0.1) is 0 Å². The molecule has 3 nitrogen and oxygen atoms in total. The SMILES string of the molecule is CSc1ccccc1-c1cnc(CN)o1. The summed E-state index contributed by atoms with van der Waals surface area (Å²) >= 11 is 1.69. The van der Waals surface area contributed by atoms with Crippen LogP contribution >= 0.6 is 11.8 Å². The molecule has 0 unspecified atom stereocenters. The van der Waals surface area contributed by atoms with Gasteiger partial charge in [0.25, 0.3) is 0 Å². The summed E-state index contributed by atoms with van der Waals surface area (Å²) in [5.74, 6) is 1.35. The van der Waals surface area contributed by atoms with Crippen LogP contribution in [0.2, 0.25) is 0 Å². The van der Waals surface area contributed by atoms with E-state index >= 15 is 0 Å². The van der Waals surface area contributed by atoms with Crippen LogP contribution in [0.15, 0.2) is 39.8 Å². The molecule has 1 aromatic heterocycles. The number of hydrogen-bond acceptors (Lipinski definition) is 4. The van der Waals surface area contributed by atoms with Crippen LogP contribution in [0.3, 0.4) is 0 Å². The molecule has 0 saturated carbocycles. The predicted octanol–water partition coefficient (Wildman–Crippen LogP) is 2.52. The molecule has 2 N–H and O–H groups in total. The lowest BCUT2D eigenvalue weighted by atomic mass is 10.2. The fourth-order valence-corrected chi connectivity index (χ4v) is 1.98. The molecule has 0 aliphatic rings. The summed E-state index contributed by atoms with van der Waals surface area (Å²) in [6, 6.07) is 8.08. The molecule has 0 aliphatic carbocycles. The maximum Gasteiger partial charge on any atom is 0.208 e. The van der Waals surface area contributed by atoms with E-state index in [1.165, 1.54) is 4.90 Å². The Morgan fingerprint density at radius 1 is 1.40 bits per heavy atom. The first kappa shape index (κ1) is 10.3. The van der Waals surface area contributed by atoms with E-state index in [1.807, 2.05) is 24.5 Å². The van der Waals surface area contributed by atoms with Crippen LogP contribution in [0.1, 0.15) is 5.89 Å². The van der Waals surface area contributed by atoms with Crippen LogP contribution < -0.4 is 5.73 Å². The van der Waals surface area contributed by atoms with E-state index in [2.05, 4.69) is 11.1 Å². The fraction of sp³-hybridized carbons (Fsp3) is 0.182. The third kappa shape index (κ3) is 2.06. The molecule has 0 radical (unpaired) electrons. The predicted molar refractivity (Wildman–Crippen MR) is 61.6 cm³/mol. The van der Waals surface area contributed by atoms with Gasteiger partial charge < -0.3 is 10.2 Å². The van der Waals surface area contributed by atoms with Gasteiger partial charge in [-0.25, -0.2) is 4.98 Å². The van der Waals surface area contributed by atoms with Crippen molar-refractivity contribution in [2.24, 2.45) is 5.73 Å². The molecule has 1 aromatic carbocycles. The minimum atomic E-state index is 0.335. The van der Waals surface area contributed by atoms with Crippen molar-refractivity contribution in [3.63, 3.8) is 0 Å². The van der Waals surface area contributed by atoms with Gasteiger partial charge in [0.1, 0.15) is 0 Å². The van der Waals surface area contributed by atoms with Gasteiger partial charge in [0.15, 0.2) is 5.76 Å². The number of thioether (sulfide) groups is 1. The first-order valence-electron chi connectivity index (χ1n) is 4.63. The van der Waals surface area contributed by atoms with Crippen molar-refractivity contribution < 1.29 is 4.42 Å². The smallest absolute Gasteiger partial charge is 0.208 e. The number of benzene rings is 1. The van der Waals surface area contributed by atoms with Crippen molar-refractivity contribution in [3.8, 4) is 11.3 Å². The van der Waals surface area contributed by atoms with Crippen molar-refractivity contribution in [1.82, 2.24) is 4.98 Å². The zero-order valence-electron chi connectivity index (χ0n) is 8.43. The molecule has 0 spiro atoms. The zero-order chi connectivity index (χ0) is 10.7. The summed E-state index contributed by atoms with van der Waals surface area (Å²) in [4.78, 5) is 5.26. The standard InChI is InChI=1S/C11H12N2OS/c1-15-10-5-3-2-4-8(10)9-7-13-11(6-12)14-9/h2-5,7H,6,12H2,1H3. The molecule has 0 fully saturated rings. The molecule has 1 heterocycles. The number of nitrogens with two attached hydrogens (primary N) is 1. The topological polar surface area (TPSA) is 52.0 Å². The summed E-state index contributed by atoms with van der Waals surface area (Å²) in [7, 11) is 0. The Kier molecular flexibility index (Phi) is 3.08. The van der Waals surface area contributed by atoms with Crippen molar-refractivity contribution in [2.45, 2.75) is 11.4 Å². The molecule has 0 amide bonds. The third-order valence-electron chi connectivity index (χ3n) is 2.10. The highest BCUT2D eigenvalue weighted by Crippen LogP contribution is 2.30. The lowest BCUT2D eigenvalue weighted by molar-refractivity contribution is 0.509. The molecule has 0 atom stereocenters. The van der Waals surface area contributed by atoms with Gasteiger partial charge in [-0.1, -0.05) is 18.2 Å². The fourth-order valence-electron chi connectivity index (χ4n) is 1.38. The second-order valence-corrected chi connectivity index (χ2v) is 3.87. The highest BCUT2D eigenvalue weighted by Gasteiger charge is 2.08.